The van der Waals surface area contributed by atoms with Crippen molar-refractivity contribution in [2.24, 2.45) is 0 Å². The zero-order valence-corrected chi connectivity index (χ0v) is 15.9. The van der Waals surface area contributed by atoms with Gasteiger partial charge in [0.15, 0.2) is 8.88 Å². The summed E-state index contributed by atoms with van der Waals surface area (Å²) < 4.78 is 6.09. The van der Waals surface area contributed by atoms with Crippen molar-refractivity contribution >= 4 is 63.5 Å². The van der Waals surface area contributed by atoms with Crippen LogP contribution in [0.25, 0.3) is 6.08 Å². The number of nitrogens with zero attached hydrogens (tertiary/aromatic N) is 1. The van der Waals surface area contributed by atoms with Gasteiger partial charge in [-0.15, -0.1) is 0 Å². The van der Waals surface area contributed by atoms with Gasteiger partial charge in [-0.1, -0.05) is 6.07 Å². The minimum absolute atomic E-state index is 0.0199. The fourth-order valence-corrected chi connectivity index (χ4v) is 3.23. The molecule has 24 heavy (non-hydrogen) atoms. The van der Waals surface area contributed by atoms with Crippen molar-refractivity contribution in [3.05, 3.63) is 56.6 Å². The fourth-order valence-electron chi connectivity index (χ4n) is 2.52. The molecular formula is C17H13IN2O3S. The normalized spacial score (nSPS) is 16.7. The van der Waals surface area contributed by atoms with Crippen LogP contribution in [0.5, 0.6) is 0 Å². The van der Waals surface area contributed by atoms with E-state index in [-0.39, 0.29) is 10.7 Å². The number of amides is 2. The van der Waals surface area contributed by atoms with Crippen LogP contribution in [0.3, 0.4) is 0 Å². The summed E-state index contributed by atoms with van der Waals surface area (Å²) in [4.78, 5) is 26.4. The summed E-state index contributed by atoms with van der Waals surface area (Å²) in [6, 6.07) is 9.15. The number of rotatable bonds is 2. The van der Waals surface area contributed by atoms with Crippen LogP contribution < -0.4 is 10.2 Å². The first-order valence-corrected chi connectivity index (χ1v) is 8.59. The van der Waals surface area contributed by atoms with Gasteiger partial charge < -0.3 is 4.42 Å². The zero-order valence-electron chi connectivity index (χ0n) is 12.9. The number of nitrogens with one attached hydrogen (secondary N) is 1. The fraction of sp³-hybridized carbons (Fsp3) is 0.118. The monoisotopic (exact) mass is 452 g/mol. The summed E-state index contributed by atoms with van der Waals surface area (Å²) in [5, 5.41) is 2.63. The number of thiocarbonyl (C=S) groups is 1. The highest BCUT2D eigenvalue weighted by Crippen LogP contribution is 2.24. The molecule has 0 aliphatic carbocycles. The van der Waals surface area contributed by atoms with Gasteiger partial charge in [0.05, 0.1) is 5.69 Å². The Labute approximate surface area is 157 Å². The van der Waals surface area contributed by atoms with Crippen LogP contribution in [-0.4, -0.2) is 16.9 Å². The summed E-state index contributed by atoms with van der Waals surface area (Å²) >= 11 is 7.21. The van der Waals surface area contributed by atoms with Crippen LogP contribution >= 0.6 is 34.8 Å². The first-order chi connectivity index (χ1) is 11.3. The number of furan rings is 1. The highest BCUT2D eigenvalue weighted by atomic mass is 127. The molecule has 1 aliphatic heterocycles. The molecule has 3 rings (SSSR count). The van der Waals surface area contributed by atoms with Crippen molar-refractivity contribution in [1.82, 2.24) is 5.32 Å². The minimum Gasteiger partial charge on any atom is -0.451 e. The summed E-state index contributed by atoms with van der Waals surface area (Å²) in [7, 11) is 0. The maximum absolute atomic E-state index is 12.8. The summed E-state index contributed by atoms with van der Waals surface area (Å²) in [6.45, 7) is 3.88. The second kappa shape index (κ2) is 6.48. The Morgan fingerprint density at radius 1 is 1.17 bits per heavy atom. The summed E-state index contributed by atoms with van der Waals surface area (Å²) in [6.07, 6.45) is 1.43. The van der Waals surface area contributed by atoms with E-state index in [2.05, 4.69) is 5.32 Å². The number of hydrogen-bond donors (Lipinski definition) is 1. The van der Waals surface area contributed by atoms with Crippen molar-refractivity contribution in [2.45, 2.75) is 13.8 Å². The maximum Gasteiger partial charge on any atom is 0.270 e. The maximum atomic E-state index is 12.8. The van der Waals surface area contributed by atoms with Crippen LogP contribution in [0.4, 0.5) is 5.69 Å². The molecule has 1 fully saturated rings. The predicted molar refractivity (Wildman–Crippen MR) is 104 cm³/mol. The Kier molecular flexibility index (Phi) is 4.55. The first-order valence-electron chi connectivity index (χ1n) is 7.10. The van der Waals surface area contributed by atoms with Gasteiger partial charge in [0.2, 0.25) is 0 Å². The van der Waals surface area contributed by atoms with E-state index in [0.717, 1.165) is 11.1 Å². The number of anilines is 1. The SMILES string of the molecule is Cc1cc(C)cc(N2C(=O)/C(=C\c3ccc(I)o3)C(=O)NC2=S)c1. The van der Waals surface area contributed by atoms with Crippen molar-refractivity contribution < 1.29 is 14.0 Å². The summed E-state index contributed by atoms with van der Waals surface area (Å²) in [5.74, 6) is -0.566. The van der Waals surface area contributed by atoms with Gasteiger partial charge in [0.1, 0.15) is 11.3 Å². The average molecular weight is 452 g/mol. The Morgan fingerprint density at radius 3 is 2.42 bits per heavy atom. The molecule has 1 aromatic heterocycles. The molecular weight excluding hydrogens is 439 g/mol. The molecule has 122 valence electrons. The van der Waals surface area contributed by atoms with Crippen molar-refractivity contribution in [1.29, 1.82) is 0 Å². The van der Waals surface area contributed by atoms with Crippen molar-refractivity contribution in [3.63, 3.8) is 0 Å². The molecule has 1 saturated heterocycles. The molecule has 2 aromatic rings. The Hall–Kier alpha value is -2.00. The van der Waals surface area contributed by atoms with Gasteiger partial charge in [0, 0.05) is 0 Å². The van der Waals surface area contributed by atoms with Crippen LogP contribution in [0.15, 0.2) is 40.3 Å². The molecule has 1 aliphatic rings. The van der Waals surface area contributed by atoms with E-state index in [0.29, 0.717) is 15.2 Å². The Morgan fingerprint density at radius 2 is 1.83 bits per heavy atom. The van der Waals surface area contributed by atoms with E-state index < -0.39 is 11.8 Å². The van der Waals surface area contributed by atoms with E-state index in [4.69, 9.17) is 16.6 Å². The molecule has 0 spiro atoms. The predicted octanol–water partition coefficient (Wildman–Crippen LogP) is 3.33. The van der Waals surface area contributed by atoms with E-state index in [1.165, 1.54) is 11.0 Å². The standard InChI is InChI=1S/C17H13IN2O3S/c1-9-5-10(2)7-11(6-9)20-16(22)13(15(21)19-17(20)24)8-12-3-4-14(18)23-12/h3-8H,1-2H3,(H,19,21,24)/b13-8-. The number of carbonyl (C=O) groups is 2. The molecule has 0 bridgehead atoms. The lowest BCUT2D eigenvalue weighted by molar-refractivity contribution is -0.122. The van der Waals surface area contributed by atoms with Gasteiger partial charge >= 0.3 is 0 Å². The van der Waals surface area contributed by atoms with E-state index >= 15 is 0 Å². The topological polar surface area (TPSA) is 62.6 Å². The molecule has 1 aromatic carbocycles. The number of hydrogen-bond acceptors (Lipinski definition) is 4. The van der Waals surface area contributed by atoms with Crippen LogP contribution in [0, 0.1) is 17.6 Å². The van der Waals surface area contributed by atoms with E-state index in [1.54, 1.807) is 12.1 Å². The van der Waals surface area contributed by atoms with Crippen molar-refractivity contribution in [2.75, 3.05) is 4.90 Å². The number of benzene rings is 1. The van der Waals surface area contributed by atoms with Gasteiger partial charge in [0.25, 0.3) is 11.8 Å². The lowest BCUT2D eigenvalue weighted by atomic mass is 10.1. The second-order valence-corrected chi connectivity index (χ2v) is 6.90. The number of halogens is 1. The van der Waals surface area contributed by atoms with Crippen LogP contribution in [-0.2, 0) is 9.59 Å². The van der Waals surface area contributed by atoms with Crippen LogP contribution in [0.2, 0.25) is 0 Å². The first kappa shape index (κ1) is 16.8. The molecule has 0 atom stereocenters. The molecule has 0 unspecified atom stereocenters. The van der Waals surface area contributed by atoms with E-state index in [1.807, 2.05) is 54.6 Å². The third kappa shape index (κ3) is 3.27. The van der Waals surface area contributed by atoms with E-state index in [9.17, 15) is 9.59 Å². The average Bonchev–Trinajstić information content (AvgIpc) is 2.87. The summed E-state index contributed by atoms with van der Waals surface area (Å²) in [5.41, 5.74) is 2.61. The van der Waals surface area contributed by atoms with Gasteiger partial charge in [-0.2, -0.15) is 0 Å². The lowest BCUT2D eigenvalue weighted by Gasteiger charge is -2.29. The second-order valence-electron chi connectivity index (χ2n) is 5.45. The largest absolute Gasteiger partial charge is 0.451 e. The Bertz CT molecular complexity index is 881. The smallest absolute Gasteiger partial charge is 0.270 e. The van der Waals surface area contributed by atoms with Crippen molar-refractivity contribution in [3.8, 4) is 0 Å². The molecule has 0 radical (unpaired) electrons. The lowest BCUT2D eigenvalue weighted by Crippen LogP contribution is -2.54. The third-order valence-corrected chi connectivity index (χ3v) is 4.31. The Balaban J connectivity index is 2.04. The highest BCUT2D eigenvalue weighted by Gasteiger charge is 2.34. The number of carbonyl (C=O) groups excluding carboxylic acids is 2. The van der Waals surface area contributed by atoms with Gasteiger partial charge in [-0.05, 0) is 90.1 Å². The molecule has 1 N–H and O–H groups in total. The zero-order chi connectivity index (χ0) is 17.4. The highest BCUT2D eigenvalue weighted by molar-refractivity contribution is 14.1. The van der Waals surface area contributed by atoms with Gasteiger partial charge in [-0.25, -0.2) is 0 Å². The molecule has 0 saturated carbocycles. The van der Waals surface area contributed by atoms with Crippen LogP contribution in [0.1, 0.15) is 16.9 Å². The minimum atomic E-state index is -0.531. The third-order valence-electron chi connectivity index (χ3n) is 3.45. The number of aryl methyl sites for hydroxylation is 2. The molecule has 7 heteroatoms. The molecule has 2 amide bonds. The quantitative estimate of drug-likeness (QED) is 0.329. The molecule has 2 heterocycles. The molecule has 5 nitrogen and oxygen atoms in total. The van der Waals surface area contributed by atoms with Gasteiger partial charge in [-0.3, -0.25) is 19.8 Å².